The fraction of sp³-hybridized carbons (Fsp3) is 0.444. The van der Waals surface area contributed by atoms with Gasteiger partial charge in [0.2, 0.25) is 0 Å². The number of anilines is 1. The number of carboxylic acid groups (broad SMARTS) is 1. The number of fused-ring (bicyclic) bond motifs is 1. The molecule has 0 aliphatic carbocycles. The summed E-state index contributed by atoms with van der Waals surface area (Å²) >= 11 is 1.16. The van der Waals surface area contributed by atoms with E-state index in [1.807, 2.05) is 0 Å². The highest BCUT2D eigenvalue weighted by atomic mass is 32.1. The third-order valence-corrected chi connectivity index (χ3v) is 5.39. The molecule has 4 rings (SSSR count). The minimum atomic E-state index is -5.08. The number of hydrogen-bond acceptors (Lipinski definition) is 8. The van der Waals surface area contributed by atoms with Crippen LogP contribution in [0.1, 0.15) is 23.3 Å². The average Bonchev–Trinajstić information content (AvgIpc) is 3.43. The number of ether oxygens (including phenoxy) is 1. The van der Waals surface area contributed by atoms with Crippen LogP contribution < -0.4 is 5.32 Å². The van der Waals surface area contributed by atoms with Gasteiger partial charge in [0.1, 0.15) is 6.10 Å². The van der Waals surface area contributed by atoms with Gasteiger partial charge in [-0.25, -0.2) is 4.79 Å². The van der Waals surface area contributed by atoms with Gasteiger partial charge in [-0.3, -0.25) is 14.6 Å². The molecule has 2 saturated heterocycles. The lowest BCUT2D eigenvalue weighted by atomic mass is 9.91. The summed E-state index contributed by atoms with van der Waals surface area (Å²) < 4.78 is 41.4. The van der Waals surface area contributed by atoms with E-state index in [0.29, 0.717) is 36.8 Å². The van der Waals surface area contributed by atoms with Gasteiger partial charge in [-0.2, -0.15) is 13.2 Å². The number of carbonyl (C=O) groups excluding carboxylic acids is 2. The minimum absolute atomic E-state index is 0.117. The van der Waals surface area contributed by atoms with Crippen LogP contribution >= 0.6 is 11.5 Å². The van der Waals surface area contributed by atoms with Gasteiger partial charge in [-0.15, -0.1) is 5.10 Å². The molecule has 10 nitrogen and oxygen atoms in total. The Balaban J connectivity index is 0.000000360. The second-order valence-electron chi connectivity index (χ2n) is 7.02. The molecule has 0 spiro atoms. The van der Waals surface area contributed by atoms with E-state index in [1.165, 1.54) is 0 Å². The number of hydrogen-bond donors (Lipinski definition) is 2. The Hall–Kier alpha value is -3.13. The third-order valence-electron chi connectivity index (χ3n) is 4.88. The number of piperidine rings is 1. The van der Waals surface area contributed by atoms with Gasteiger partial charge >= 0.3 is 12.1 Å². The molecule has 0 radical (unpaired) electrons. The first kappa shape index (κ1) is 23.5. The predicted octanol–water partition coefficient (Wildman–Crippen LogP) is 1.82. The van der Waals surface area contributed by atoms with Gasteiger partial charge in [0.05, 0.1) is 18.0 Å². The molecule has 0 unspecified atom stereocenters. The van der Waals surface area contributed by atoms with Crippen molar-refractivity contribution in [1.82, 2.24) is 19.5 Å². The van der Waals surface area contributed by atoms with Crippen LogP contribution in [0.2, 0.25) is 0 Å². The lowest BCUT2D eigenvalue weighted by Crippen LogP contribution is -2.45. The number of carbonyl (C=O) groups is 3. The van der Waals surface area contributed by atoms with E-state index in [9.17, 15) is 22.8 Å². The van der Waals surface area contributed by atoms with Gasteiger partial charge in [-0.05, 0) is 42.4 Å². The van der Waals surface area contributed by atoms with Crippen molar-refractivity contribution in [2.45, 2.75) is 31.2 Å². The molecule has 2 aromatic heterocycles. The maximum absolute atomic E-state index is 12.4. The van der Waals surface area contributed by atoms with Crippen LogP contribution in [0.15, 0.2) is 29.9 Å². The molecule has 14 heteroatoms. The van der Waals surface area contributed by atoms with Crippen LogP contribution in [-0.4, -0.2) is 73.8 Å². The molecule has 2 amide bonds. The first-order chi connectivity index (χ1) is 15.1. The number of aromatic nitrogens is 3. The Morgan fingerprint density at radius 1 is 1.31 bits per heavy atom. The summed E-state index contributed by atoms with van der Waals surface area (Å²) in [6.07, 6.45) is -0.941. The highest BCUT2D eigenvalue weighted by Gasteiger charge is 2.43. The molecule has 2 fully saturated rings. The average molecular weight is 473 g/mol. The monoisotopic (exact) mass is 473 g/mol. The number of aliphatic carboxylic acids is 1. The fourth-order valence-electron chi connectivity index (χ4n) is 3.36. The maximum atomic E-state index is 12.4. The molecule has 32 heavy (non-hydrogen) atoms. The van der Waals surface area contributed by atoms with Crippen molar-refractivity contribution in [3.05, 3.63) is 35.6 Å². The third kappa shape index (κ3) is 5.97. The number of likely N-dealkylation sites (tertiary alicyclic amines) is 1. The molecule has 4 heterocycles. The summed E-state index contributed by atoms with van der Waals surface area (Å²) in [7, 11) is 0. The normalized spacial score (nSPS) is 22.3. The Morgan fingerprint density at radius 3 is 2.66 bits per heavy atom. The van der Waals surface area contributed by atoms with Crippen molar-refractivity contribution in [1.29, 1.82) is 0 Å². The lowest BCUT2D eigenvalue weighted by molar-refractivity contribution is -0.192. The van der Waals surface area contributed by atoms with E-state index in [0.717, 1.165) is 18.0 Å². The van der Waals surface area contributed by atoms with Crippen molar-refractivity contribution < 1.29 is 37.4 Å². The van der Waals surface area contributed by atoms with Crippen LogP contribution in [0.25, 0.3) is 0 Å². The molecular formula is C18H18F3N5O5S. The summed E-state index contributed by atoms with van der Waals surface area (Å²) in [5, 5.41) is 15.4. The molecule has 172 valence electrons. The SMILES string of the molecule is O=C(Nc1cccnc1)[C@H]1C[C@@H]2CCN(C(=O)c3csnn3)C[C@@H]2O1.O=C(O)C(F)(F)F. The van der Waals surface area contributed by atoms with Gasteiger partial charge in [-0.1, -0.05) is 4.49 Å². The van der Waals surface area contributed by atoms with E-state index in [2.05, 4.69) is 19.9 Å². The van der Waals surface area contributed by atoms with Crippen LogP contribution in [0, 0.1) is 5.92 Å². The number of rotatable bonds is 3. The number of nitrogens with one attached hydrogen (secondary N) is 1. The molecule has 2 aliphatic rings. The van der Waals surface area contributed by atoms with Gasteiger partial charge < -0.3 is 20.1 Å². The summed E-state index contributed by atoms with van der Waals surface area (Å²) in [6, 6.07) is 3.55. The van der Waals surface area contributed by atoms with E-state index in [4.69, 9.17) is 14.6 Å². The Kier molecular flexibility index (Phi) is 7.35. The number of carboxylic acids is 1. The van der Waals surface area contributed by atoms with E-state index >= 15 is 0 Å². The zero-order valence-electron chi connectivity index (χ0n) is 16.4. The fourth-order valence-corrected chi connectivity index (χ4v) is 3.79. The van der Waals surface area contributed by atoms with Gasteiger partial charge in [0.25, 0.3) is 11.8 Å². The predicted molar refractivity (Wildman–Crippen MR) is 104 cm³/mol. The van der Waals surface area contributed by atoms with Crippen molar-refractivity contribution >= 4 is 35.0 Å². The molecule has 2 N–H and O–H groups in total. The number of alkyl halides is 3. The first-order valence-electron chi connectivity index (χ1n) is 9.38. The lowest BCUT2D eigenvalue weighted by Gasteiger charge is -2.33. The number of amides is 2. The maximum Gasteiger partial charge on any atom is 0.490 e. The Morgan fingerprint density at radius 2 is 2.06 bits per heavy atom. The number of halogens is 3. The van der Waals surface area contributed by atoms with Crippen molar-refractivity contribution in [3.8, 4) is 0 Å². The largest absolute Gasteiger partial charge is 0.490 e. The molecule has 0 aromatic carbocycles. The molecule has 2 aliphatic heterocycles. The molecular weight excluding hydrogens is 455 g/mol. The highest BCUT2D eigenvalue weighted by Crippen LogP contribution is 2.34. The van der Waals surface area contributed by atoms with Crippen molar-refractivity contribution in [2.24, 2.45) is 5.92 Å². The zero-order valence-corrected chi connectivity index (χ0v) is 17.2. The molecule has 3 atom stereocenters. The van der Waals surface area contributed by atoms with Crippen LogP contribution in [0.5, 0.6) is 0 Å². The molecule has 0 bridgehead atoms. The summed E-state index contributed by atoms with van der Waals surface area (Å²) in [4.78, 5) is 39.4. The topological polar surface area (TPSA) is 135 Å². The summed E-state index contributed by atoms with van der Waals surface area (Å²) in [6.45, 7) is 1.13. The number of pyridine rings is 1. The van der Waals surface area contributed by atoms with Crippen LogP contribution in [0.4, 0.5) is 18.9 Å². The highest BCUT2D eigenvalue weighted by molar-refractivity contribution is 7.03. The minimum Gasteiger partial charge on any atom is -0.475 e. The summed E-state index contributed by atoms with van der Waals surface area (Å²) in [5.41, 5.74) is 1.02. The van der Waals surface area contributed by atoms with E-state index in [1.54, 1.807) is 34.8 Å². The molecule has 2 aromatic rings. The Bertz CT molecular complexity index is 944. The second-order valence-corrected chi connectivity index (χ2v) is 7.63. The smallest absolute Gasteiger partial charge is 0.475 e. The van der Waals surface area contributed by atoms with Crippen LogP contribution in [0.3, 0.4) is 0 Å². The standard InChI is InChI=1S/C16H17N5O3S.C2HF3O2/c22-15(18-11-2-1-4-17-7-11)13-6-10-3-5-21(8-14(10)24-13)16(23)12-9-25-20-19-12;3-2(4,5)1(6)7/h1-2,4,7,9-10,13-14H,3,5-6,8H2,(H,18,22);(H,6,7)/t10-,13+,14-;/m0./s1. The number of nitrogens with zero attached hydrogens (tertiary/aromatic N) is 4. The second kappa shape index (κ2) is 9.99. The van der Waals surface area contributed by atoms with Gasteiger partial charge in [0.15, 0.2) is 5.69 Å². The van der Waals surface area contributed by atoms with Crippen LogP contribution in [-0.2, 0) is 14.3 Å². The van der Waals surface area contributed by atoms with Gasteiger partial charge in [0, 0.05) is 24.7 Å². The molecule has 0 saturated carbocycles. The van der Waals surface area contributed by atoms with E-state index < -0.39 is 18.2 Å². The zero-order chi connectivity index (χ0) is 23.3. The Labute approximate surface area is 183 Å². The van der Waals surface area contributed by atoms with E-state index in [-0.39, 0.29) is 17.9 Å². The van der Waals surface area contributed by atoms with Crippen molar-refractivity contribution in [3.63, 3.8) is 0 Å². The first-order valence-corrected chi connectivity index (χ1v) is 10.2. The van der Waals surface area contributed by atoms with Crippen molar-refractivity contribution in [2.75, 3.05) is 18.4 Å². The summed E-state index contributed by atoms with van der Waals surface area (Å²) in [5.74, 6) is -2.75. The quantitative estimate of drug-likeness (QED) is 0.690.